The van der Waals surface area contributed by atoms with Gasteiger partial charge in [0.25, 0.3) is 5.91 Å². The van der Waals surface area contributed by atoms with Gasteiger partial charge in [0.1, 0.15) is 5.69 Å². The highest BCUT2D eigenvalue weighted by Crippen LogP contribution is 2.08. The molecule has 1 amide bonds. The molecule has 4 N–H and O–H groups in total. The number of amides is 1. The van der Waals surface area contributed by atoms with Crippen LogP contribution >= 0.6 is 0 Å². The molecule has 0 saturated heterocycles. The molecule has 1 heterocycles. The summed E-state index contributed by atoms with van der Waals surface area (Å²) in [6.45, 7) is 1.71. The van der Waals surface area contributed by atoms with Gasteiger partial charge in [0.2, 0.25) is 10.0 Å². The number of nitrogens with one attached hydrogen (secondary N) is 2. The normalized spacial score (nSPS) is 15.1. The summed E-state index contributed by atoms with van der Waals surface area (Å²) in [6.07, 6.45) is 2.68. The first-order chi connectivity index (χ1) is 8.20. The Morgan fingerprint density at radius 2 is 2.22 bits per heavy atom. The molecule has 1 rings (SSSR count). The van der Waals surface area contributed by atoms with Crippen LogP contribution in [0, 0.1) is 0 Å². The van der Waals surface area contributed by atoms with Crippen LogP contribution in [-0.2, 0) is 20.8 Å². The van der Waals surface area contributed by atoms with Crippen molar-refractivity contribution in [3.63, 3.8) is 0 Å². The van der Waals surface area contributed by atoms with Crippen molar-refractivity contribution in [2.45, 2.75) is 17.9 Å². The van der Waals surface area contributed by atoms with Gasteiger partial charge in [-0.1, -0.05) is 0 Å². The summed E-state index contributed by atoms with van der Waals surface area (Å²) in [5, 5.41) is 7.51. The molecule has 0 radical (unpaired) electrons. The van der Waals surface area contributed by atoms with Crippen molar-refractivity contribution in [3.05, 3.63) is 18.0 Å². The minimum absolute atomic E-state index is 0.0905. The van der Waals surface area contributed by atoms with E-state index in [2.05, 4.69) is 10.3 Å². The van der Waals surface area contributed by atoms with Crippen LogP contribution in [0.2, 0.25) is 0 Å². The molecular weight excluding hydrogens is 278 g/mol. The largest absolute Gasteiger partial charge is 0.356 e. The number of hydrogen-bond acceptors (Lipinski definition) is 4. The van der Waals surface area contributed by atoms with Crippen molar-refractivity contribution in [3.8, 4) is 0 Å². The molecule has 18 heavy (non-hydrogen) atoms. The molecule has 0 bridgehead atoms. The van der Waals surface area contributed by atoms with Crippen molar-refractivity contribution in [2.75, 3.05) is 12.0 Å². The lowest BCUT2D eigenvalue weighted by Crippen LogP contribution is -2.36. The molecule has 102 valence electrons. The Labute approximate surface area is 108 Å². The van der Waals surface area contributed by atoms with Gasteiger partial charge in [-0.3, -0.25) is 9.00 Å². The Morgan fingerprint density at radius 1 is 1.61 bits per heavy atom. The van der Waals surface area contributed by atoms with Crippen molar-refractivity contribution in [1.29, 1.82) is 0 Å². The van der Waals surface area contributed by atoms with E-state index in [9.17, 15) is 17.4 Å². The van der Waals surface area contributed by atoms with Gasteiger partial charge >= 0.3 is 0 Å². The van der Waals surface area contributed by atoms with Crippen LogP contribution in [0.4, 0.5) is 0 Å². The van der Waals surface area contributed by atoms with Crippen LogP contribution in [0.1, 0.15) is 17.4 Å². The summed E-state index contributed by atoms with van der Waals surface area (Å²) < 4.78 is 33.0. The van der Waals surface area contributed by atoms with Crippen molar-refractivity contribution in [1.82, 2.24) is 10.3 Å². The number of carbonyl (C=O) groups is 1. The van der Waals surface area contributed by atoms with Crippen LogP contribution in [-0.4, -0.2) is 41.6 Å². The zero-order valence-corrected chi connectivity index (χ0v) is 11.6. The number of aromatic amines is 1. The minimum Gasteiger partial charge on any atom is -0.356 e. The van der Waals surface area contributed by atoms with Gasteiger partial charge in [0.05, 0.1) is 4.90 Å². The number of nitrogens with two attached hydrogens (primary N) is 1. The second kappa shape index (κ2) is 5.63. The number of aromatic nitrogens is 1. The monoisotopic (exact) mass is 293 g/mol. The third kappa shape index (κ3) is 4.24. The fourth-order valence-electron chi connectivity index (χ4n) is 1.37. The number of carbonyl (C=O) groups excluding carboxylic acids is 1. The van der Waals surface area contributed by atoms with E-state index in [4.69, 9.17) is 5.14 Å². The van der Waals surface area contributed by atoms with E-state index in [1.54, 1.807) is 6.92 Å². The maximum atomic E-state index is 11.7. The molecule has 0 aliphatic carbocycles. The lowest BCUT2D eigenvalue weighted by atomic mass is 10.3. The molecule has 1 aromatic heterocycles. The highest BCUT2D eigenvalue weighted by atomic mass is 32.2. The summed E-state index contributed by atoms with van der Waals surface area (Å²) in [7, 11) is -4.84. The third-order valence-corrected chi connectivity index (χ3v) is 3.95. The molecule has 0 aromatic carbocycles. The lowest BCUT2D eigenvalue weighted by Gasteiger charge is -2.11. The van der Waals surface area contributed by atoms with Crippen LogP contribution in [0.25, 0.3) is 0 Å². The lowest BCUT2D eigenvalue weighted by molar-refractivity contribution is 0.0939. The fraction of sp³-hybridized carbons (Fsp3) is 0.444. The maximum Gasteiger partial charge on any atom is 0.267 e. The van der Waals surface area contributed by atoms with Crippen LogP contribution in [0.15, 0.2) is 17.2 Å². The molecule has 0 saturated carbocycles. The highest BCUT2D eigenvalue weighted by molar-refractivity contribution is 7.89. The molecule has 0 fully saturated rings. The van der Waals surface area contributed by atoms with Gasteiger partial charge in [-0.15, -0.1) is 0 Å². The molecule has 1 aromatic rings. The van der Waals surface area contributed by atoms with Crippen molar-refractivity contribution in [2.24, 2.45) is 5.14 Å². The molecule has 0 aliphatic rings. The quantitative estimate of drug-likeness (QED) is 0.655. The summed E-state index contributed by atoms with van der Waals surface area (Å²) in [5.74, 6) is -0.142. The van der Waals surface area contributed by atoms with Crippen LogP contribution in [0.3, 0.4) is 0 Å². The van der Waals surface area contributed by atoms with E-state index in [0.717, 1.165) is 12.3 Å². The number of sulfonamides is 1. The Morgan fingerprint density at radius 3 is 2.67 bits per heavy atom. The smallest absolute Gasteiger partial charge is 0.267 e. The van der Waals surface area contributed by atoms with Crippen molar-refractivity contribution < 1.29 is 17.4 Å². The topological polar surface area (TPSA) is 122 Å². The molecule has 9 heteroatoms. The minimum atomic E-state index is -3.82. The standard InChI is InChI=1S/C9H15N3O4S2/c1-6(5-17(2)14)12-9(13)8-3-7(4-11-8)18(10,15)16/h3-4,6,11H,5H2,1-2H3,(H,12,13)(H2,10,15,16). The number of primary sulfonamides is 1. The summed E-state index contributed by atoms with van der Waals surface area (Å²) in [6, 6.07) is 0.880. The number of hydrogen-bond donors (Lipinski definition) is 3. The SMILES string of the molecule is CC(CS(C)=O)NC(=O)c1cc(S(N)(=O)=O)c[nH]1. The third-order valence-electron chi connectivity index (χ3n) is 2.09. The second-order valence-electron chi connectivity index (χ2n) is 3.91. The molecular formula is C9H15N3O4S2. The second-order valence-corrected chi connectivity index (χ2v) is 6.95. The van der Waals surface area contributed by atoms with Gasteiger partial charge in [0, 0.05) is 35.0 Å². The number of rotatable bonds is 5. The van der Waals surface area contributed by atoms with Crippen LogP contribution < -0.4 is 10.5 Å². The Bertz CT molecular complexity index is 564. The molecule has 7 nitrogen and oxygen atoms in total. The van der Waals surface area contributed by atoms with Gasteiger partial charge in [-0.05, 0) is 13.0 Å². The first-order valence-electron chi connectivity index (χ1n) is 5.02. The maximum absolute atomic E-state index is 11.7. The number of H-pyrrole nitrogens is 1. The summed E-state index contributed by atoms with van der Waals surface area (Å²) in [4.78, 5) is 14.1. The first-order valence-corrected chi connectivity index (χ1v) is 8.29. The molecule has 2 unspecified atom stereocenters. The Kier molecular flexibility index (Phi) is 4.65. The van der Waals surface area contributed by atoms with Gasteiger partial charge in [0.15, 0.2) is 0 Å². The zero-order valence-electron chi connectivity index (χ0n) is 9.97. The molecule has 0 spiro atoms. The Hall–Kier alpha value is -1.19. The van der Waals surface area contributed by atoms with Crippen LogP contribution in [0.5, 0.6) is 0 Å². The van der Waals surface area contributed by atoms with E-state index in [0.29, 0.717) is 5.75 Å². The summed E-state index contributed by atoms with van der Waals surface area (Å²) in [5.41, 5.74) is 0.0905. The first kappa shape index (κ1) is 14.9. The van der Waals surface area contributed by atoms with E-state index < -0.39 is 26.7 Å². The van der Waals surface area contributed by atoms with Gasteiger partial charge < -0.3 is 10.3 Å². The predicted molar refractivity (Wildman–Crippen MR) is 68.0 cm³/mol. The summed E-state index contributed by atoms with van der Waals surface area (Å²) >= 11 is 0. The fourth-order valence-corrected chi connectivity index (χ4v) is 2.66. The van der Waals surface area contributed by atoms with Crippen molar-refractivity contribution >= 4 is 26.7 Å². The van der Waals surface area contributed by atoms with E-state index in [1.165, 1.54) is 6.26 Å². The van der Waals surface area contributed by atoms with Gasteiger partial charge in [-0.2, -0.15) is 0 Å². The molecule has 0 aliphatic heterocycles. The zero-order chi connectivity index (χ0) is 13.9. The average Bonchev–Trinajstić information content (AvgIpc) is 2.63. The van der Waals surface area contributed by atoms with Gasteiger partial charge in [-0.25, -0.2) is 13.6 Å². The highest BCUT2D eigenvalue weighted by Gasteiger charge is 2.16. The van der Waals surface area contributed by atoms with E-state index in [-0.39, 0.29) is 16.6 Å². The molecule has 2 atom stereocenters. The average molecular weight is 293 g/mol. The predicted octanol–water partition coefficient (Wildman–Crippen LogP) is -0.841. The van der Waals surface area contributed by atoms with E-state index >= 15 is 0 Å². The Balaban J connectivity index is 2.74. The van der Waals surface area contributed by atoms with E-state index in [1.807, 2.05) is 0 Å².